The predicted octanol–water partition coefficient (Wildman–Crippen LogP) is 4.18. The van der Waals surface area contributed by atoms with E-state index in [1.807, 2.05) is 83.1 Å². The lowest BCUT2D eigenvalue weighted by atomic mass is 9.99. The zero-order chi connectivity index (χ0) is 32.6. The lowest BCUT2D eigenvalue weighted by Crippen LogP contribution is -2.56. The van der Waals surface area contributed by atoms with Gasteiger partial charge < -0.3 is 20.5 Å². The number of carboxylic acids is 1. The maximum Gasteiger partial charge on any atom is 0.323 e. The maximum absolute atomic E-state index is 12.4. The van der Waals surface area contributed by atoms with Gasteiger partial charge in [-0.15, -0.1) is 0 Å². The van der Waals surface area contributed by atoms with Crippen LogP contribution in [0, 0.1) is 11.8 Å². The molecule has 0 aliphatic rings. The Morgan fingerprint density at radius 2 is 1.12 bits per heavy atom. The molecule has 0 aromatic heterocycles. The van der Waals surface area contributed by atoms with Gasteiger partial charge in [0.05, 0.1) is 12.1 Å². The molecule has 0 fully saturated rings. The monoisotopic (exact) mass is 584 g/mol. The first-order valence-electron chi connectivity index (χ1n) is 14.9. The molecule has 240 valence electrons. The quantitative estimate of drug-likeness (QED) is 0.134. The summed E-state index contributed by atoms with van der Waals surface area (Å²) in [5.41, 5.74) is -0.634. The number of rotatable bonds is 16. The average molecular weight is 585 g/mol. The van der Waals surface area contributed by atoms with Gasteiger partial charge in [-0.1, -0.05) is 67.0 Å². The van der Waals surface area contributed by atoms with Crippen molar-refractivity contribution in [3.63, 3.8) is 0 Å². The minimum atomic E-state index is -0.906. The Balaban J connectivity index is 0. The molecule has 0 saturated heterocycles. The van der Waals surface area contributed by atoms with Crippen molar-refractivity contribution in [3.8, 4) is 0 Å². The number of carboxylic acid groups (broad SMARTS) is 1. The van der Waals surface area contributed by atoms with Crippen molar-refractivity contribution in [3.05, 3.63) is 12.7 Å². The summed E-state index contributed by atoms with van der Waals surface area (Å²) in [6, 6.07) is -2.09. The van der Waals surface area contributed by atoms with Gasteiger partial charge >= 0.3 is 11.9 Å². The van der Waals surface area contributed by atoms with Crippen LogP contribution >= 0.6 is 0 Å². The van der Waals surface area contributed by atoms with Crippen LogP contribution in [0.25, 0.3) is 0 Å². The van der Waals surface area contributed by atoms with Gasteiger partial charge in [0, 0.05) is 11.1 Å². The topological polar surface area (TPSA) is 146 Å². The standard InChI is InChI=1S/C17H32N2O3.C14H28N2O3/c1-8-10-13(16(21)22-11-9-2)18-14(12(3)4)15(20)19-17(5,6)7;1-7-8-10(13(18)19)15-11(9(2)3)12(17)16-14(4,5)6/h9,12-14,18H,2,8,10-11H2,1,3-7H3,(H,19,20);9-11,15H,7-8H2,1-6H3,(H,16,17)(H,18,19)/t13-,14?;10-,11?/m00/s1. The average Bonchev–Trinajstić information content (AvgIpc) is 2.80. The van der Waals surface area contributed by atoms with Crippen LogP contribution in [-0.4, -0.2) is 70.7 Å². The summed E-state index contributed by atoms with van der Waals surface area (Å²) in [6.07, 6.45) is 4.26. The Bertz CT molecular complexity index is 814. The van der Waals surface area contributed by atoms with Crippen LogP contribution in [0.15, 0.2) is 12.7 Å². The van der Waals surface area contributed by atoms with Gasteiger partial charge in [-0.2, -0.15) is 0 Å². The van der Waals surface area contributed by atoms with Crippen LogP contribution in [0.2, 0.25) is 0 Å². The first-order valence-corrected chi connectivity index (χ1v) is 14.9. The predicted molar refractivity (Wildman–Crippen MR) is 165 cm³/mol. The molecule has 0 saturated carbocycles. The fourth-order valence-electron chi connectivity index (χ4n) is 3.84. The summed E-state index contributed by atoms with van der Waals surface area (Å²) in [7, 11) is 0. The van der Waals surface area contributed by atoms with Crippen molar-refractivity contribution in [1.82, 2.24) is 21.3 Å². The zero-order valence-corrected chi connectivity index (χ0v) is 27.8. The van der Waals surface area contributed by atoms with Crippen molar-refractivity contribution in [2.75, 3.05) is 6.61 Å². The molecule has 2 unspecified atom stereocenters. The molecular formula is C31H60N4O6. The summed E-state index contributed by atoms with van der Waals surface area (Å²) in [4.78, 5) is 47.9. The van der Waals surface area contributed by atoms with Gasteiger partial charge in [-0.05, 0) is 66.2 Å². The van der Waals surface area contributed by atoms with Gasteiger partial charge in [-0.25, -0.2) is 0 Å². The van der Waals surface area contributed by atoms with Crippen molar-refractivity contribution in [1.29, 1.82) is 0 Å². The Labute approximate surface area is 249 Å². The third kappa shape index (κ3) is 19.3. The highest BCUT2D eigenvalue weighted by Crippen LogP contribution is 2.11. The highest BCUT2D eigenvalue weighted by atomic mass is 16.5. The van der Waals surface area contributed by atoms with E-state index in [-0.39, 0.29) is 47.3 Å². The zero-order valence-electron chi connectivity index (χ0n) is 27.8. The Morgan fingerprint density at radius 1 is 0.756 bits per heavy atom. The Hall–Kier alpha value is -2.46. The van der Waals surface area contributed by atoms with E-state index in [1.54, 1.807) is 0 Å². The highest BCUT2D eigenvalue weighted by Gasteiger charge is 2.31. The third-order valence-electron chi connectivity index (χ3n) is 5.74. The van der Waals surface area contributed by atoms with Crippen LogP contribution in [0.4, 0.5) is 0 Å². The van der Waals surface area contributed by atoms with E-state index < -0.39 is 30.1 Å². The lowest BCUT2D eigenvalue weighted by Gasteiger charge is -2.30. The number of carbonyl (C=O) groups is 4. The molecule has 0 aliphatic heterocycles. The van der Waals surface area contributed by atoms with E-state index in [9.17, 15) is 19.2 Å². The molecule has 0 rings (SSSR count). The molecule has 10 nitrogen and oxygen atoms in total. The van der Waals surface area contributed by atoms with Crippen molar-refractivity contribution < 1.29 is 29.0 Å². The molecule has 5 N–H and O–H groups in total. The normalized spacial score (nSPS) is 14.7. The number of esters is 1. The van der Waals surface area contributed by atoms with Gasteiger partial charge in [0.1, 0.15) is 18.7 Å². The van der Waals surface area contributed by atoms with Crippen LogP contribution in [0.1, 0.15) is 109 Å². The largest absolute Gasteiger partial charge is 0.480 e. The summed E-state index contributed by atoms with van der Waals surface area (Å²) >= 11 is 0. The van der Waals surface area contributed by atoms with E-state index in [2.05, 4.69) is 27.8 Å². The van der Waals surface area contributed by atoms with Crippen LogP contribution in [-0.2, 0) is 23.9 Å². The molecule has 0 aromatic rings. The van der Waals surface area contributed by atoms with Gasteiger partial charge in [-0.3, -0.25) is 29.8 Å². The fourth-order valence-corrected chi connectivity index (χ4v) is 3.84. The van der Waals surface area contributed by atoms with E-state index in [0.717, 1.165) is 12.8 Å². The summed E-state index contributed by atoms with van der Waals surface area (Å²) in [5, 5.41) is 21.1. The van der Waals surface area contributed by atoms with Crippen molar-refractivity contribution >= 4 is 23.8 Å². The SMILES string of the molecule is C=CCOC(=O)[C@H](CCC)NC(C(=O)NC(C)(C)C)C(C)C.CCC[C@H](NC(C(=O)NC(C)(C)C)C(C)C)C(=O)O. The molecule has 10 heteroatoms. The van der Waals surface area contributed by atoms with E-state index in [4.69, 9.17) is 9.84 Å². The maximum atomic E-state index is 12.4. The lowest BCUT2D eigenvalue weighted by molar-refractivity contribution is -0.146. The second kappa shape index (κ2) is 19.6. The summed E-state index contributed by atoms with van der Waals surface area (Å²) in [6.45, 7) is 26.9. The van der Waals surface area contributed by atoms with Gasteiger partial charge in [0.25, 0.3) is 0 Å². The number of ether oxygens (including phenoxy) is 1. The smallest absolute Gasteiger partial charge is 0.323 e. The van der Waals surface area contributed by atoms with Crippen molar-refractivity contribution in [2.24, 2.45) is 11.8 Å². The van der Waals surface area contributed by atoms with Crippen molar-refractivity contribution in [2.45, 2.75) is 144 Å². The number of nitrogens with one attached hydrogen (secondary N) is 4. The Kier molecular flexibility index (Phi) is 19.5. The molecule has 0 bridgehead atoms. The first kappa shape index (κ1) is 40.7. The number of carbonyl (C=O) groups excluding carboxylic acids is 3. The van der Waals surface area contributed by atoms with E-state index >= 15 is 0 Å². The second-order valence-electron chi connectivity index (χ2n) is 13.2. The van der Waals surface area contributed by atoms with E-state index in [1.165, 1.54) is 6.08 Å². The third-order valence-corrected chi connectivity index (χ3v) is 5.74. The van der Waals surface area contributed by atoms with E-state index in [0.29, 0.717) is 12.8 Å². The first-order chi connectivity index (χ1) is 18.7. The molecule has 0 radical (unpaired) electrons. The number of amides is 2. The number of hydrogen-bond donors (Lipinski definition) is 5. The number of hydrogen-bond acceptors (Lipinski definition) is 7. The molecule has 4 atom stereocenters. The fraction of sp³-hybridized carbons (Fsp3) is 0.806. The summed E-state index contributed by atoms with van der Waals surface area (Å²) < 4.78 is 5.12. The summed E-state index contributed by atoms with van der Waals surface area (Å²) in [5.74, 6) is -1.40. The van der Waals surface area contributed by atoms with Crippen LogP contribution in [0.3, 0.4) is 0 Å². The Morgan fingerprint density at radius 3 is 1.41 bits per heavy atom. The molecular weight excluding hydrogens is 524 g/mol. The minimum absolute atomic E-state index is 0.0288. The highest BCUT2D eigenvalue weighted by molar-refractivity contribution is 5.84. The minimum Gasteiger partial charge on any atom is -0.480 e. The van der Waals surface area contributed by atoms with Crippen LogP contribution in [0.5, 0.6) is 0 Å². The second-order valence-corrected chi connectivity index (χ2v) is 13.2. The number of aliphatic carboxylic acids is 1. The van der Waals surface area contributed by atoms with Gasteiger partial charge in [0.15, 0.2) is 0 Å². The molecule has 0 heterocycles. The molecule has 2 amide bonds. The molecule has 0 spiro atoms. The van der Waals surface area contributed by atoms with Crippen LogP contribution < -0.4 is 21.3 Å². The molecule has 0 aromatic carbocycles. The molecule has 0 aliphatic carbocycles. The van der Waals surface area contributed by atoms with Gasteiger partial charge in [0.2, 0.25) is 11.8 Å². The molecule has 41 heavy (non-hydrogen) atoms.